The largest absolute Gasteiger partial charge is 0.490 e. The molecule has 0 bridgehead atoms. The fraction of sp³-hybridized carbons (Fsp3) is 0.355. The number of morpholine rings is 1. The molecule has 3 aromatic rings. The Bertz CT molecular complexity index is 1280. The molecule has 1 fully saturated rings. The number of halogens is 1. The van der Waals surface area contributed by atoms with Crippen molar-refractivity contribution >= 4 is 23.4 Å². The second kappa shape index (κ2) is 12.0. The second-order valence-corrected chi connectivity index (χ2v) is 10.5. The van der Waals surface area contributed by atoms with Crippen molar-refractivity contribution in [3.63, 3.8) is 0 Å². The third-order valence-corrected chi connectivity index (χ3v) is 7.45. The summed E-state index contributed by atoms with van der Waals surface area (Å²) >= 11 is 6.19. The standard InChI is InChI=1S/C31H35ClN2O4/c1-22-9-8-10-23(2)29(22)30(36)34-15-16-38-31(20-34,21-37-26-13-14-27(32)24(3)17-26)18-28(35)33(4)19-25-11-6-5-7-12-25/h5-14,17H,15-16,18-21H2,1-4H3. The van der Waals surface area contributed by atoms with Crippen LogP contribution < -0.4 is 4.74 Å². The first-order valence-corrected chi connectivity index (χ1v) is 13.2. The molecule has 1 unspecified atom stereocenters. The lowest BCUT2D eigenvalue weighted by molar-refractivity contribution is -0.152. The van der Waals surface area contributed by atoms with Gasteiger partial charge in [-0.15, -0.1) is 0 Å². The lowest BCUT2D eigenvalue weighted by Crippen LogP contribution is -2.58. The Morgan fingerprint density at radius 3 is 2.39 bits per heavy atom. The van der Waals surface area contributed by atoms with Gasteiger partial charge in [0.2, 0.25) is 5.91 Å². The Labute approximate surface area is 230 Å². The lowest BCUT2D eigenvalue weighted by Gasteiger charge is -2.43. The summed E-state index contributed by atoms with van der Waals surface area (Å²) in [5.74, 6) is 0.505. The highest BCUT2D eigenvalue weighted by Crippen LogP contribution is 2.29. The van der Waals surface area contributed by atoms with Crippen molar-refractivity contribution in [2.75, 3.05) is 33.4 Å². The minimum Gasteiger partial charge on any atom is -0.490 e. The second-order valence-electron chi connectivity index (χ2n) is 10.1. The topological polar surface area (TPSA) is 59.1 Å². The summed E-state index contributed by atoms with van der Waals surface area (Å²) in [4.78, 5) is 30.6. The maximum absolute atomic E-state index is 13.7. The number of carbonyl (C=O) groups is 2. The molecule has 1 aliphatic heterocycles. The predicted molar refractivity (Wildman–Crippen MR) is 150 cm³/mol. The first kappa shape index (κ1) is 27.7. The summed E-state index contributed by atoms with van der Waals surface area (Å²) in [6.07, 6.45) is 0.0828. The Balaban J connectivity index is 1.57. The molecule has 0 radical (unpaired) electrons. The molecule has 4 rings (SSSR count). The van der Waals surface area contributed by atoms with Gasteiger partial charge in [-0.2, -0.15) is 0 Å². The van der Waals surface area contributed by atoms with Crippen molar-refractivity contribution < 1.29 is 19.1 Å². The molecule has 0 spiro atoms. The van der Waals surface area contributed by atoms with E-state index in [1.807, 2.05) is 75.4 Å². The molecule has 2 amide bonds. The van der Waals surface area contributed by atoms with E-state index in [0.717, 1.165) is 22.3 Å². The number of nitrogens with zero attached hydrogens (tertiary/aromatic N) is 2. The molecule has 3 aromatic carbocycles. The van der Waals surface area contributed by atoms with Crippen LogP contribution in [0.1, 0.15) is 39.0 Å². The van der Waals surface area contributed by atoms with Gasteiger partial charge < -0.3 is 19.3 Å². The number of amides is 2. The van der Waals surface area contributed by atoms with Crippen LogP contribution in [0.15, 0.2) is 66.7 Å². The number of carbonyl (C=O) groups excluding carboxylic acids is 2. The Morgan fingerprint density at radius 1 is 1.00 bits per heavy atom. The zero-order valence-corrected chi connectivity index (χ0v) is 23.3. The first-order chi connectivity index (χ1) is 18.2. The molecule has 1 aliphatic rings. The van der Waals surface area contributed by atoms with Gasteiger partial charge in [-0.25, -0.2) is 0 Å². The summed E-state index contributed by atoms with van der Waals surface area (Å²) in [6, 6.07) is 21.1. The van der Waals surface area contributed by atoms with E-state index in [1.165, 1.54) is 0 Å². The van der Waals surface area contributed by atoms with Crippen molar-refractivity contribution in [2.24, 2.45) is 0 Å². The normalized spacial score (nSPS) is 17.2. The van der Waals surface area contributed by atoms with Crippen LogP contribution in [0.25, 0.3) is 0 Å². The molecule has 1 saturated heterocycles. The van der Waals surface area contributed by atoms with Gasteiger partial charge in [0.05, 0.1) is 19.6 Å². The third-order valence-electron chi connectivity index (χ3n) is 7.02. The van der Waals surface area contributed by atoms with Crippen molar-refractivity contribution in [1.82, 2.24) is 9.80 Å². The predicted octanol–water partition coefficient (Wildman–Crippen LogP) is 5.60. The molecule has 1 heterocycles. The average Bonchev–Trinajstić information content (AvgIpc) is 2.90. The lowest BCUT2D eigenvalue weighted by atomic mass is 9.95. The molecule has 38 heavy (non-hydrogen) atoms. The number of rotatable bonds is 8. The summed E-state index contributed by atoms with van der Waals surface area (Å²) in [5, 5.41) is 0.657. The van der Waals surface area contributed by atoms with Gasteiger partial charge in [0, 0.05) is 30.7 Å². The Morgan fingerprint density at radius 2 is 1.71 bits per heavy atom. The highest BCUT2D eigenvalue weighted by atomic mass is 35.5. The first-order valence-electron chi connectivity index (χ1n) is 12.8. The van der Waals surface area contributed by atoms with Crippen LogP contribution in [0.5, 0.6) is 5.75 Å². The van der Waals surface area contributed by atoms with Crippen molar-refractivity contribution in [3.05, 3.63) is 99.6 Å². The maximum atomic E-state index is 13.7. The van der Waals surface area contributed by atoms with Gasteiger partial charge in [-0.05, 0) is 61.2 Å². The number of hydrogen-bond donors (Lipinski definition) is 0. The van der Waals surface area contributed by atoms with E-state index in [-0.39, 0.29) is 31.4 Å². The van der Waals surface area contributed by atoms with Crippen molar-refractivity contribution in [3.8, 4) is 5.75 Å². The molecule has 1 atom stereocenters. The van der Waals surface area contributed by atoms with E-state index < -0.39 is 5.60 Å². The average molecular weight is 535 g/mol. The van der Waals surface area contributed by atoms with E-state index in [1.54, 1.807) is 29.0 Å². The van der Waals surface area contributed by atoms with Crippen LogP contribution in [-0.2, 0) is 16.1 Å². The molecule has 7 heteroatoms. The van der Waals surface area contributed by atoms with E-state index in [9.17, 15) is 9.59 Å². The fourth-order valence-corrected chi connectivity index (χ4v) is 4.97. The minimum atomic E-state index is -1.000. The summed E-state index contributed by atoms with van der Waals surface area (Å²) in [6.45, 7) is 7.42. The zero-order chi connectivity index (χ0) is 27.3. The number of aryl methyl sites for hydroxylation is 3. The molecular weight excluding hydrogens is 500 g/mol. The van der Waals surface area contributed by atoms with E-state index >= 15 is 0 Å². The zero-order valence-electron chi connectivity index (χ0n) is 22.5. The van der Waals surface area contributed by atoms with Crippen LogP contribution >= 0.6 is 11.6 Å². The quantitative estimate of drug-likeness (QED) is 0.377. The fourth-order valence-electron chi connectivity index (χ4n) is 4.85. The molecular formula is C31H35ClN2O4. The van der Waals surface area contributed by atoms with E-state index in [0.29, 0.717) is 36.0 Å². The Hall–Kier alpha value is -3.35. The number of ether oxygens (including phenoxy) is 2. The molecule has 0 aromatic heterocycles. The Kier molecular flexibility index (Phi) is 8.75. The molecule has 200 valence electrons. The smallest absolute Gasteiger partial charge is 0.254 e. The van der Waals surface area contributed by atoms with Crippen molar-refractivity contribution in [1.29, 1.82) is 0 Å². The van der Waals surface area contributed by atoms with Gasteiger partial charge in [0.15, 0.2) is 0 Å². The minimum absolute atomic E-state index is 0.0549. The van der Waals surface area contributed by atoms with Crippen LogP contribution in [0.2, 0.25) is 5.02 Å². The maximum Gasteiger partial charge on any atom is 0.254 e. The molecule has 6 nitrogen and oxygen atoms in total. The van der Waals surface area contributed by atoms with Gasteiger partial charge >= 0.3 is 0 Å². The van der Waals surface area contributed by atoms with Gasteiger partial charge in [0.1, 0.15) is 18.0 Å². The summed E-state index contributed by atoms with van der Waals surface area (Å²) in [5.41, 5.74) is 3.50. The van der Waals surface area contributed by atoms with E-state index in [2.05, 4.69) is 0 Å². The van der Waals surface area contributed by atoms with Crippen molar-refractivity contribution in [2.45, 2.75) is 39.3 Å². The number of benzene rings is 3. The summed E-state index contributed by atoms with van der Waals surface area (Å²) in [7, 11) is 1.79. The van der Waals surface area contributed by atoms with Crippen LogP contribution in [0.3, 0.4) is 0 Å². The molecule has 0 saturated carbocycles. The molecule has 0 N–H and O–H groups in total. The third kappa shape index (κ3) is 6.55. The van der Waals surface area contributed by atoms with Crippen LogP contribution in [0, 0.1) is 20.8 Å². The number of hydrogen-bond acceptors (Lipinski definition) is 4. The van der Waals surface area contributed by atoms with Gasteiger partial charge in [-0.1, -0.05) is 60.1 Å². The van der Waals surface area contributed by atoms with Crippen LogP contribution in [-0.4, -0.2) is 60.6 Å². The van der Waals surface area contributed by atoms with Gasteiger partial charge in [-0.3, -0.25) is 9.59 Å². The van der Waals surface area contributed by atoms with Crippen LogP contribution in [0.4, 0.5) is 0 Å². The van der Waals surface area contributed by atoms with Gasteiger partial charge in [0.25, 0.3) is 5.91 Å². The van der Waals surface area contributed by atoms with E-state index in [4.69, 9.17) is 21.1 Å². The highest BCUT2D eigenvalue weighted by molar-refractivity contribution is 6.31. The molecule has 0 aliphatic carbocycles. The summed E-state index contributed by atoms with van der Waals surface area (Å²) < 4.78 is 12.5. The SMILES string of the molecule is Cc1cc(OCC2(CC(=O)N(C)Cc3ccccc3)CN(C(=O)c3c(C)cccc3C)CCO2)ccc1Cl. The monoisotopic (exact) mass is 534 g/mol. The highest BCUT2D eigenvalue weighted by Gasteiger charge is 2.42.